The summed E-state index contributed by atoms with van der Waals surface area (Å²) in [6.07, 6.45) is 8.25. The number of nitrogens with zero attached hydrogens (tertiary/aromatic N) is 1. The Hall–Kier alpha value is -1.20. The van der Waals surface area contributed by atoms with Gasteiger partial charge in [-0.05, 0) is 86.8 Å². The lowest BCUT2D eigenvalue weighted by atomic mass is 9.48. The van der Waals surface area contributed by atoms with Gasteiger partial charge < -0.3 is 5.32 Å². The quantitative estimate of drug-likeness (QED) is 0.531. The highest BCUT2D eigenvalue weighted by Crippen LogP contribution is 2.65. The zero-order chi connectivity index (χ0) is 19.5. The predicted octanol–water partition coefficient (Wildman–Crippen LogP) is 6.49. The molecule has 4 atom stereocenters. The first kappa shape index (κ1) is 18.8. The zero-order valence-electron chi connectivity index (χ0n) is 16.6. The minimum atomic E-state index is 0.138. The lowest BCUT2D eigenvalue weighted by Crippen LogP contribution is -2.53. The number of halogens is 1. The van der Waals surface area contributed by atoms with E-state index in [9.17, 15) is 4.79 Å². The predicted molar refractivity (Wildman–Crippen MR) is 119 cm³/mol. The number of anilines is 1. The lowest BCUT2D eigenvalue weighted by Gasteiger charge is -2.60. The summed E-state index contributed by atoms with van der Waals surface area (Å²) in [5, 5.41) is 5.86. The summed E-state index contributed by atoms with van der Waals surface area (Å²) < 4.78 is 0.301. The molecule has 0 aliphatic heterocycles. The molecule has 4 aliphatic carbocycles. The van der Waals surface area contributed by atoms with Crippen LogP contribution in [0.25, 0.3) is 11.3 Å². The van der Waals surface area contributed by atoms with Crippen molar-refractivity contribution < 1.29 is 4.79 Å². The number of hydrogen-bond donors (Lipinski definition) is 1. The summed E-state index contributed by atoms with van der Waals surface area (Å²) in [6.45, 7) is 4.24. The first-order valence-electron chi connectivity index (χ1n) is 10.3. The number of benzene rings is 1. The van der Waals surface area contributed by atoms with Crippen molar-refractivity contribution in [2.75, 3.05) is 5.32 Å². The summed E-state index contributed by atoms with van der Waals surface area (Å²) in [4.78, 5) is 17.6. The third-order valence-corrected chi connectivity index (χ3v) is 8.89. The van der Waals surface area contributed by atoms with E-state index < -0.39 is 0 Å². The lowest BCUT2D eigenvalue weighted by molar-refractivity contribution is -0.123. The Kier molecular flexibility index (Phi) is 4.48. The number of hydrogen-bond acceptors (Lipinski definition) is 3. The van der Waals surface area contributed by atoms with Gasteiger partial charge in [0, 0.05) is 21.7 Å². The number of alkyl halides is 1. The molecule has 6 rings (SSSR count). The first-order chi connectivity index (χ1) is 13.3. The molecule has 1 amide bonds. The van der Waals surface area contributed by atoms with E-state index in [2.05, 4.69) is 58.3 Å². The molecule has 2 aromatic rings. The van der Waals surface area contributed by atoms with Crippen LogP contribution in [0.2, 0.25) is 0 Å². The number of carbonyl (C=O) groups excluding carboxylic acids is 1. The van der Waals surface area contributed by atoms with Crippen molar-refractivity contribution in [3.63, 3.8) is 0 Å². The molecule has 148 valence electrons. The van der Waals surface area contributed by atoms with Crippen LogP contribution in [-0.4, -0.2) is 15.2 Å². The fourth-order valence-corrected chi connectivity index (χ4v) is 8.66. The van der Waals surface area contributed by atoms with Crippen molar-refractivity contribution in [1.29, 1.82) is 0 Å². The first-order valence-corrected chi connectivity index (χ1v) is 12.0. The molecule has 0 radical (unpaired) electrons. The average molecular weight is 459 g/mol. The molecule has 1 heterocycles. The van der Waals surface area contributed by atoms with Crippen LogP contribution < -0.4 is 5.32 Å². The molecule has 1 aromatic heterocycles. The van der Waals surface area contributed by atoms with E-state index in [-0.39, 0.29) is 11.3 Å². The number of thiazole rings is 1. The monoisotopic (exact) mass is 458 g/mol. The SMILES string of the molecule is Cc1ccc(-c2csc(NC(=O)CC34C[C@@H]5C[C@@H](CC(Br)(C5)C3)C4)n2)cc1C. The van der Waals surface area contributed by atoms with E-state index in [1.54, 1.807) is 0 Å². The minimum absolute atomic E-state index is 0.138. The van der Waals surface area contributed by atoms with Crippen LogP contribution in [0.5, 0.6) is 0 Å². The van der Waals surface area contributed by atoms with E-state index in [0.717, 1.165) is 34.6 Å². The van der Waals surface area contributed by atoms with Crippen molar-refractivity contribution in [3.8, 4) is 11.3 Å². The van der Waals surface area contributed by atoms with E-state index in [0.29, 0.717) is 10.7 Å². The maximum absolute atomic E-state index is 12.9. The second-order valence-electron chi connectivity index (χ2n) is 9.67. The van der Waals surface area contributed by atoms with Gasteiger partial charge >= 0.3 is 0 Å². The van der Waals surface area contributed by atoms with Crippen LogP contribution in [0.1, 0.15) is 56.1 Å². The van der Waals surface area contributed by atoms with Crippen LogP contribution in [0.4, 0.5) is 5.13 Å². The van der Waals surface area contributed by atoms with Gasteiger partial charge in [0.25, 0.3) is 0 Å². The average Bonchev–Trinajstić information content (AvgIpc) is 3.02. The molecular formula is C23H27BrN2OS. The number of carbonyl (C=O) groups is 1. The number of aryl methyl sites for hydroxylation is 2. The van der Waals surface area contributed by atoms with E-state index in [4.69, 9.17) is 0 Å². The van der Waals surface area contributed by atoms with Gasteiger partial charge in [-0.3, -0.25) is 4.79 Å². The van der Waals surface area contributed by atoms with E-state index in [1.165, 1.54) is 54.6 Å². The Bertz CT molecular complexity index is 922. The van der Waals surface area contributed by atoms with Crippen LogP contribution in [0.3, 0.4) is 0 Å². The Balaban J connectivity index is 1.28. The van der Waals surface area contributed by atoms with Gasteiger partial charge in [0.1, 0.15) is 0 Å². The number of rotatable bonds is 4. The molecule has 4 saturated carbocycles. The van der Waals surface area contributed by atoms with E-state index in [1.807, 2.05) is 5.38 Å². The summed E-state index contributed by atoms with van der Waals surface area (Å²) in [6, 6.07) is 6.40. The molecule has 2 unspecified atom stereocenters. The summed E-state index contributed by atoms with van der Waals surface area (Å²) in [5.74, 6) is 1.76. The largest absolute Gasteiger partial charge is 0.302 e. The Morgan fingerprint density at radius 2 is 1.96 bits per heavy atom. The second kappa shape index (κ2) is 6.66. The molecule has 1 aromatic carbocycles. The molecule has 4 bridgehead atoms. The fourth-order valence-electron chi connectivity index (χ4n) is 6.41. The van der Waals surface area contributed by atoms with Crippen molar-refractivity contribution in [2.45, 2.75) is 63.1 Å². The van der Waals surface area contributed by atoms with E-state index >= 15 is 0 Å². The normalized spacial score (nSPS) is 33.2. The number of aromatic nitrogens is 1. The summed E-state index contributed by atoms with van der Waals surface area (Å²) in [7, 11) is 0. The van der Waals surface area contributed by atoms with Crippen LogP contribution in [0.15, 0.2) is 23.6 Å². The molecule has 3 nitrogen and oxygen atoms in total. The van der Waals surface area contributed by atoms with Crippen LogP contribution in [0, 0.1) is 31.1 Å². The molecule has 4 fully saturated rings. The highest BCUT2D eigenvalue weighted by Gasteiger charge is 2.57. The molecule has 28 heavy (non-hydrogen) atoms. The van der Waals surface area contributed by atoms with Gasteiger partial charge in [-0.1, -0.05) is 28.1 Å². The van der Waals surface area contributed by atoms with Crippen LogP contribution >= 0.6 is 27.3 Å². The maximum atomic E-state index is 12.9. The molecular weight excluding hydrogens is 432 g/mol. The third kappa shape index (κ3) is 3.45. The standard InChI is InChI=1S/C23H27BrN2OS/c1-14-3-4-18(5-15(14)2)19-12-28-21(25-19)26-20(27)11-22-7-16-6-17(8-22)10-23(24,9-16)13-22/h3-5,12,16-17H,6-11,13H2,1-2H3,(H,25,26,27)/t16-,17+,22?,23?. The molecule has 0 saturated heterocycles. The van der Waals surface area contributed by atoms with Crippen LogP contribution in [-0.2, 0) is 4.79 Å². The van der Waals surface area contributed by atoms with Crippen molar-refractivity contribution in [1.82, 2.24) is 4.98 Å². The third-order valence-electron chi connectivity index (χ3n) is 7.20. The molecule has 1 N–H and O–H groups in total. The van der Waals surface area contributed by atoms with Crippen molar-refractivity contribution in [3.05, 3.63) is 34.7 Å². The number of amides is 1. The van der Waals surface area contributed by atoms with Crippen molar-refractivity contribution >= 4 is 38.3 Å². The molecule has 0 spiro atoms. The Labute approximate surface area is 179 Å². The highest BCUT2D eigenvalue weighted by atomic mass is 79.9. The molecule has 4 aliphatic rings. The summed E-state index contributed by atoms with van der Waals surface area (Å²) in [5.41, 5.74) is 4.81. The Morgan fingerprint density at radius 3 is 2.64 bits per heavy atom. The van der Waals surface area contributed by atoms with Gasteiger partial charge in [-0.15, -0.1) is 11.3 Å². The smallest absolute Gasteiger partial charge is 0.226 e. The van der Waals surface area contributed by atoms with Gasteiger partial charge in [0.15, 0.2) is 5.13 Å². The van der Waals surface area contributed by atoms with Gasteiger partial charge in [-0.25, -0.2) is 4.98 Å². The van der Waals surface area contributed by atoms with Gasteiger partial charge in [-0.2, -0.15) is 0 Å². The highest BCUT2D eigenvalue weighted by molar-refractivity contribution is 9.10. The minimum Gasteiger partial charge on any atom is -0.302 e. The van der Waals surface area contributed by atoms with Crippen molar-refractivity contribution in [2.24, 2.45) is 17.3 Å². The maximum Gasteiger partial charge on any atom is 0.226 e. The molecule has 5 heteroatoms. The Morgan fingerprint density at radius 1 is 1.21 bits per heavy atom. The number of nitrogens with one attached hydrogen (secondary N) is 1. The topological polar surface area (TPSA) is 42.0 Å². The van der Waals surface area contributed by atoms with Gasteiger partial charge in [0.2, 0.25) is 5.91 Å². The van der Waals surface area contributed by atoms with Gasteiger partial charge in [0.05, 0.1) is 5.69 Å². The second-order valence-corrected chi connectivity index (χ2v) is 12.2. The fraction of sp³-hybridized carbons (Fsp3) is 0.565. The summed E-state index contributed by atoms with van der Waals surface area (Å²) >= 11 is 5.57. The zero-order valence-corrected chi connectivity index (χ0v) is 19.0.